The van der Waals surface area contributed by atoms with E-state index < -0.39 is 11.7 Å². The van der Waals surface area contributed by atoms with E-state index in [9.17, 15) is 13.2 Å². The van der Waals surface area contributed by atoms with Gasteiger partial charge in [0.05, 0.1) is 5.56 Å². The maximum absolute atomic E-state index is 13.6. The summed E-state index contributed by atoms with van der Waals surface area (Å²) < 4.78 is 40.8. The second-order valence-electron chi connectivity index (χ2n) is 8.56. The highest BCUT2D eigenvalue weighted by Gasteiger charge is 2.33. The van der Waals surface area contributed by atoms with Crippen molar-refractivity contribution < 1.29 is 13.2 Å². The Morgan fingerprint density at radius 3 is 2.00 bits per heavy atom. The van der Waals surface area contributed by atoms with Crippen molar-refractivity contribution in [3.8, 4) is 11.1 Å². The van der Waals surface area contributed by atoms with E-state index in [-0.39, 0.29) is 11.8 Å². The lowest BCUT2D eigenvalue weighted by molar-refractivity contribution is -0.137. The fourth-order valence-corrected chi connectivity index (χ4v) is 5.23. The molecule has 0 saturated carbocycles. The van der Waals surface area contributed by atoms with Crippen LogP contribution in [0.25, 0.3) is 21.9 Å². The summed E-state index contributed by atoms with van der Waals surface area (Å²) in [6, 6.07) is 23.1. The Hall–Kier alpha value is -3.07. The van der Waals surface area contributed by atoms with E-state index in [0.717, 1.165) is 38.8 Å². The summed E-state index contributed by atoms with van der Waals surface area (Å²) in [6.07, 6.45) is -4.36. The molecule has 31 heavy (non-hydrogen) atoms. The van der Waals surface area contributed by atoms with E-state index in [1.807, 2.05) is 25.1 Å². The van der Waals surface area contributed by atoms with Gasteiger partial charge in [-0.3, -0.25) is 0 Å². The summed E-state index contributed by atoms with van der Waals surface area (Å²) in [5, 5.41) is 2.33. The van der Waals surface area contributed by atoms with Gasteiger partial charge in [0.2, 0.25) is 0 Å². The van der Waals surface area contributed by atoms with Crippen LogP contribution in [0.1, 0.15) is 59.1 Å². The second kappa shape index (κ2) is 6.98. The van der Waals surface area contributed by atoms with Gasteiger partial charge in [0, 0.05) is 11.8 Å². The van der Waals surface area contributed by atoms with Crippen LogP contribution >= 0.6 is 0 Å². The number of fused-ring (bicyclic) bond motifs is 4. The van der Waals surface area contributed by atoms with Crippen molar-refractivity contribution in [1.29, 1.82) is 0 Å². The van der Waals surface area contributed by atoms with Gasteiger partial charge in [0.25, 0.3) is 0 Å². The summed E-state index contributed by atoms with van der Waals surface area (Å²) in [5.74, 6) is -0.182. The van der Waals surface area contributed by atoms with Crippen LogP contribution in [0.5, 0.6) is 0 Å². The Morgan fingerprint density at radius 2 is 1.26 bits per heavy atom. The molecule has 4 aromatic carbocycles. The molecular weight excluding hydrogens is 393 g/mol. The molecule has 2 bridgehead atoms. The van der Waals surface area contributed by atoms with Crippen LogP contribution in [0.3, 0.4) is 0 Å². The lowest BCUT2D eigenvalue weighted by Crippen LogP contribution is -2.12. The van der Waals surface area contributed by atoms with Crippen molar-refractivity contribution in [1.82, 2.24) is 0 Å². The Bertz CT molecular complexity index is 1310. The van der Waals surface area contributed by atoms with Crippen molar-refractivity contribution >= 4 is 10.8 Å². The predicted octanol–water partition coefficient (Wildman–Crippen LogP) is 8.45. The average Bonchev–Trinajstić information content (AvgIpc) is 2.76. The van der Waals surface area contributed by atoms with E-state index in [1.165, 1.54) is 23.1 Å². The van der Waals surface area contributed by atoms with E-state index >= 15 is 0 Å². The number of halogens is 3. The molecule has 0 amide bonds. The van der Waals surface area contributed by atoms with Gasteiger partial charge in [-0.05, 0) is 68.8 Å². The van der Waals surface area contributed by atoms with Crippen molar-refractivity contribution in [2.24, 2.45) is 0 Å². The SMILES string of the molecule is Cc1c2cccc1[C@H](C)c1cc(C(F)(F)F)ccc1[C@@H](C)c1cccc3cccc-2c13. The van der Waals surface area contributed by atoms with Crippen LogP contribution in [-0.2, 0) is 6.18 Å². The molecule has 5 rings (SSSR count). The summed E-state index contributed by atoms with van der Waals surface area (Å²) in [4.78, 5) is 0. The normalized spacial score (nSPS) is 18.0. The van der Waals surface area contributed by atoms with Crippen molar-refractivity contribution in [3.63, 3.8) is 0 Å². The Balaban J connectivity index is 1.93. The molecule has 2 atom stereocenters. The molecule has 156 valence electrons. The zero-order valence-corrected chi connectivity index (χ0v) is 17.7. The van der Waals surface area contributed by atoms with Crippen molar-refractivity contribution in [3.05, 3.63) is 106 Å². The zero-order valence-electron chi connectivity index (χ0n) is 17.7. The summed E-state index contributed by atoms with van der Waals surface area (Å²) in [6.45, 7) is 6.21. The van der Waals surface area contributed by atoms with Gasteiger partial charge < -0.3 is 0 Å². The minimum absolute atomic E-state index is 0.0334. The minimum Gasteiger partial charge on any atom is -0.166 e. The first-order valence-electron chi connectivity index (χ1n) is 10.6. The molecule has 0 N–H and O–H groups in total. The van der Waals surface area contributed by atoms with Crippen molar-refractivity contribution in [2.45, 2.75) is 38.8 Å². The van der Waals surface area contributed by atoms with Gasteiger partial charge in [-0.1, -0.05) is 74.5 Å². The standard InChI is InChI=1S/C28H23F3/c1-16-21-9-6-10-22(16)25-12-5-8-19-7-4-11-24(27(19)25)18(3)23-14-13-20(28(29,30)31)15-26(23)17(21)2/h4-15,17-18H,1-3H3/t17-,18+/m0/s1. The fourth-order valence-electron chi connectivity index (χ4n) is 5.23. The third-order valence-corrected chi connectivity index (χ3v) is 6.88. The number of hydrogen-bond donors (Lipinski definition) is 0. The fraction of sp³-hybridized carbons (Fsp3) is 0.214. The molecule has 0 aromatic heterocycles. The second-order valence-corrected chi connectivity index (χ2v) is 8.56. The van der Waals surface area contributed by atoms with E-state index in [2.05, 4.69) is 50.2 Å². The van der Waals surface area contributed by atoms with E-state index in [1.54, 1.807) is 6.07 Å². The predicted molar refractivity (Wildman–Crippen MR) is 121 cm³/mol. The average molecular weight is 416 g/mol. The minimum atomic E-state index is -4.36. The molecule has 1 aliphatic carbocycles. The van der Waals surface area contributed by atoms with Crippen LogP contribution < -0.4 is 0 Å². The Labute approximate surface area is 180 Å². The molecule has 0 nitrogen and oxygen atoms in total. The van der Waals surface area contributed by atoms with Gasteiger partial charge in [0.1, 0.15) is 0 Å². The Kier molecular flexibility index (Phi) is 4.47. The maximum Gasteiger partial charge on any atom is 0.416 e. The zero-order chi connectivity index (χ0) is 21.9. The summed E-state index contributed by atoms with van der Waals surface area (Å²) in [7, 11) is 0. The number of hydrogen-bond acceptors (Lipinski definition) is 0. The van der Waals surface area contributed by atoms with E-state index in [0.29, 0.717) is 0 Å². The number of benzene rings is 4. The van der Waals surface area contributed by atoms with Gasteiger partial charge in [-0.25, -0.2) is 0 Å². The topological polar surface area (TPSA) is 0 Å². The van der Waals surface area contributed by atoms with Crippen LogP contribution in [-0.4, -0.2) is 0 Å². The lowest BCUT2D eigenvalue weighted by atomic mass is 9.76. The van der Waals surface area contributed by atoms with Gasteiger partial charge in [0.15, 0.2) is 0 Å². The molecule has 0 unspecified atom stereocenters. The molecule has 0 fully saturated rings. The van der Waals surface area contributed by atoms with Crippen molar-refractivity contribution in [2.75, 3.05) is 0 Å². The molecular formula is C28H23F3. The molecule has 4 aromatic rings. The molecule has 0 aliphatic heterocycles. The van der Waals surface area contributed by atoms with Crippen LogP contribution in [0.2, 0.25) is 0 Å². The molecule has 0 saturated heterocycles. The largest absolute Gasteiger partial charge is 0.416 e. The lowest BCUT2D eigenvalue weighted by Gasteiger charge is -2.28. The number of rotatable bonds is 0. The highest BCUT2D eigenvalue weighted by molar-refractivity contribution is 6.00. The maximum atomic E-state index is 13.6. The first-order chi connectivity index (χ1) is 14.8. The molecule has 3 heteroatoms. The van der Waals surface area contributed by atoms with Gasteiger partial charge >= 0.3 is 6.18 Å². The first-order valence-corrected chi connectivity index (χ1v) is 10.6. The van der Waals surface area contributed by atoms with Crippen LogP contribution in [0.15, 0.2) is 72.8 Å². The van der Waals surface area contributed by atoms with Gasteiger partial charge in [-0.15, -0.1) is 0 Å². The quantitative estimate of drug-likeness (QED) is 0.270. The van der Waals surface area contributed by atoms with Gasteiger partial charge in [-0.2, -0.15) is 13.2 Å². The molecule has 0 spiro atoms. The molecule has 0 radical (unpaired) electrons. The smallest absolute Gasteiger partial charge is 0.166 e. The van der Waals surface area contributed by atoms with E-state index in [4.69, 9.17) is 0 Å². The third-order valence-electron chi connectivity index (χ3n) is 6.88. The first kappa shape index (κ1) is 19.9. The molecule has 0 heterocycles. The Morgan fingerprint density at radius 1 is 0.645 bits per heavy atom. The highest BCUT2D eigenvalue weighted by atomic mass is 19.4. The monoisotopic (exact) mass is 416 g/mol. The third kappa shape index (κ3) is 3.06. The summed E-state index contributed by atoms with van der Waals surface area (Å²) >= 11 is 0. The van der Waals surface area contributed by atoms with Crippen LogP contribution in [0, 0.1) is 6.92 Å². The van der Waals surface area contributed by atoms with Crippen LogP contribution in [0.4, 0.5) is 13.2 Å². The highest BCUT2D eigenvalue weighted by Crippen LogP contribution is 2.45. The molecule has 1 aliphatic rings. The summed E-state index contributed by atoms with van der Waals surface area (Å²) in [5.41, 5.74) is 6.78. The number of alkyl halides is 3.